The molecule has 0 fully saturated rings. The molecule has 0 aromatic carbocycles. The third kappa shape index (κ3) is 5.61. The SMILES string of the molecule is CCC(C)CC(O)(CC)CCCCO. The Morgan fingerprint density at radius 2 is 1.86 bits per heavy atom. The third-order valence-electron chi connectivity index (χ3n) is 3.13. The van der Waals surface area contributed by atoms with Gasteiger partial charge in [0.05, 0.1) is 5.60 Å². The van der Waals surface area contributed by atoms with Crippen LogP contribution in [0.1, 0.15) is 59.3 Å². The Morgan fingerprint density at radius 3 is 2.29 bits per heavy atom. The second kappa shape index (κ2) is 7.24. The molecule has 0 saturated heterocycles. The van der Waals surface area contributed by atoms with Gasteiger partial charge in [-0.2, -0.15) is 0 Å². The molecule has 0 bridgehead atoms. The molecule has 0 radical (unpaired) electrons. The maximum atomic E-state index is 10.3. The van der Waals surface area contributed by atoms with E-state index in [0.717, 1.165) is 38.5 Å². The summed E-state index contributed by atoms with van der Waals surface area (Å²) in [5.74, 6) is 0.592. The lowest BCUT2D eigenvalue weighted by atomic mass is 9.84. The fourth-order valence-corrected chi connectivity index (χ4v) is 1.78. The van der Waals surface area contributed by atoms with Crippen LogP contribution in [0.25, 0.3) is 0 Å². The van der Waals surface area contributed by atoms with Crippen molar-refractivity contribution < 1.29 is 10.2 Å². The molecule has 0 aliphatic heterocycles. The molecule has 0 aliphatic carbocycles. The first-order chi connectivity index (χ1) is 6.58. The Kier molecular flexibility index (Phi) is 7.20. The number of aliphatic hydroxyl groups excluding tert-OH is 1. The van der Waals surface area contributed by atoms with Crippen molar-refractivity contribution in [2.24, 2.45) is 5.92 Å². The van der Waals surface area contributed by atoms with Gasteiger partial charge in [0.2, 0.25) is 0 Å². The molecule has 2 atom stereocenters. The van der Waals surface area contributed by atoms with Gasteiger partial charge in [0.15, 0.2) is 0 Å². The van der Waals surface area contributed by atoms with E-state index in [2.05, 4.69) is 13.8 Å². The van der Waals surface area contributed by atoms with E-state index in [4.69, 9.17) is 5.11 Å². The predicted octanol–water partition coefficient (Wildman–Crippen LogP) is 2.73. The summed E-state index contributed by atoms with van der Waals surface area (Å²) in [6, 6.07) is 0. The van der Waals surface area contributed by atoms with Crippen LogP contribution < -0.4 is 0 Å². The van der Waals surface area contributed by atoms with E-state index in [1.807, 2.05) is 6.92 Å². The zero-order chi connectivity index (χ0) is 11.0. The number of rotatable bonds is 8. The van der Waals surface area contributed by atoms with Gasteiger partial charge in [-0.15, -0.1) is 0 Å². The van der Waals surface area contributed by atoms with Crippen molar-refractivity contribution in [3.63, 3.8) is 0 Å². The Hall–Kier alpha value is -0.0800. The average Bonchev–Trinajstić information content (AvgIpc) is 2.18. The minimum absolute atomic E-state index is 0.239. The molecule has 2 heteroatoms. The lowest BCUT2D eigenvalue weighted by molar-refractivity contribution is 0.00216. The summed E-state index contributed by atoms with van der Waals surface area (Å²) < 4.78 is 0. The highest BCUT2D eigenvalue weighted by Crippen LogP contribution is 2.27. The van der Waals surface area contributed by atoms with E-state index < -0.39 is 5.60 Å². The van der Waals surface area contributed by atoms with E-state index in [9.17, 15) is 5.11 Å². The highest BCUT2D eigenvalue weighted by molar-refractivity contribution is 4.78. The fraction of sp³-hybridized carbons (Fsp3) is 1.00. The van der Waals surface area contributed by atoms with Gasteiger partial charge in [-0.3, -0.25) is 0 Å². The normalized spacial score (nSPS) is 17.8. The Balaban J connectivity index is 3.90. The first kappa shape index (κ1) is 13.9. The minimum Gasteiger partial charge on any atom is -0.396 e. The molecular formula is C12H26O2. The Labute approximate surface area is 88.3 Å². The standard InChI is InChI=1S/C12H26O2/c1-4-11(3)10-12(14,5-2)8-6-7-9-13/h11,13-14H,4-10H2,1-3H3. The molecule has 0 rings (SSSR count). The van der Waals surface area contributed by atoms with Gasteiger partial charge in [0.25, 0.3) is 0 Å². The summed E-state index contributed by atoms with van der Waals surface area (Å²) in [6.45, 7) is 6.63. The van der Waals surface area contributed by atoms with Crippen molar-refractivity contribution in [2.75, 3.05) is 6.61 Å². The van der Waals surface area contributed by atoms with Crippen molar-refractivity contribution in [2.45, 2.75) is 64.9 Å². The number of hydrogen-bond donors (Lipinski definition) is 2. The van der Waals surface area contributed by atoms with E-state index in [-0.39, 0.29) is 6.61 Å². The van der Waals surface area contributed by atoms with Gasteiger partial charge in [-0.1, -0.05) is 27.2 Å². The van der Waals surface area contributed by atoms with Crippen LogP contribution in [0.2, 0.25) is 0 Å². The largest absolute Gasteiger partial charge is 0.396 e. The van der Waals surface area contributed by atoms with Gasteiger partial charge in [-0.05, 0) is 38.0 Å². The molecule has 2 N–H and O–H groups in total. The average molecular weight is 202 g/mol. The molecule has 14 heavy (non-hydrogen) atoms. The summed E-state index contributed by atoms with van der Waals surface area (Å²) in [7, 11) is 0. The molecule has 2 unspecified atom stereocenters. The molecule has 0 aliphatic rings. The van der Waals surface area contributed by atoms with Gasteiger partial charge >= 0.3 is 0 Å². The molecule has 0 heterocycles. The molecule has 2 nitrogen and oxygen atoms in total. The molecule has 0 amide bonds. The van der Waals surface area contributed by atoms with Crippen LogP contribution in [0.3, 0.4) is 0 Å². The third-order valence-corrected chi connectivity index (χ3v) is 3.13. The maximum Gasteiger partial charge on any atom is 0.0647 e. The van der Waals surface area contributed by atoms with Crippen LogP contribution in [0, 0.1) is 5.92 Å². The smallest absolute Gasteiger partial charge is 0.0647 e. The van der Waals surface area contributed by atoms with E-state index in [0.29, 0.717) is 5.92 Å². The molecule has 86 valence electrons. The summed E-state index contributed by atoms with van der Waals surface area (Å²) in [5.41, 5.74) is -0.495. The lowest BCUT2D eigenvalue weighted by Crippen LogP contribution is -2.30. The van der Waals surface area contributed by atoms with Gasteiger partial charge in [-0.25, -0.2) is 0 Å². The van der Waals surface area contributed by atoms with Crippen LogP contribution in [-0.4, -0.2) is 22.4 Å². The summed E-state index contributed by atoms with van der Waals surface area (Å²) in [5, 5.41) is 18.9. The fourth-order valence-electron chi connectivity index (χ4n) is 1.78. The van der Waals surface area contributed by atoms with Crippen molar-refractivity contribution in [1.82, 2.24) is 0 Å². The minimum atomic E-state index is -0.495. The van der Waals surface area contributed by atoms with Gasteiger partial charge in [0, 0.05) is 6.61 Å². The quantitative estimate of drug-likeness (QED) is 0.594. The molecule has 0 aromatic rings. The summed E-state index contributed by atoms with van der Waals surface area (Å²) >= 11 is 0. The topological polar surface area (TPSA) is 40.5 Å². The summed E-state index contributed by atoms with van der Waals surface area (Å²) in [4.78, 5) is 0. The zero-order valence-electron chi connectivity index (χ0n) is 9.92. The van der Waals surface area contributed by atoms with E-state index in [1.165, 1.54) is 0 Å². The highest BCUT2D eigenvalue weighted by atomic mass is 16.3. The predicted molar refractivity (Wildman–Crippen MR) is 60.2 cm³/mol. The van der Waals surface area contributed by atoms with Crippen LogP contribution in [0.4, 0.5) is 0 Å². The first-order valence-electron chi connectivity index (χ1n) is 5.91. The van der Waals surface area contributed by atoms with Crippen LogP contribution in [-0.2, 0) is 0 Å². The Bertz CT molecular complexity index is 136. The van der Waals surface area contributed by atoms with Crippen LogP contribution in [0.15, 0.2) is 0 Å². The Morgan fingerprint density at radius 1 is 1.21 bits per heavy atom. The van der Waals surface area contributed by atoms with Crippen LogP contribution in [0.5, 0.6) is 0 Å². The number of unbranched alkanes of at least 4 members (excludes halogenated alkanes) is 1. The monoisotopic (exact) mass is 202 g/mol. The molecule has 0 aromatic heterocycles. The van der Waals surface area contributed by atoms with Crippen molar-refractivity contribution >= 4 is 0 Å². The maximum absolute atomic E-state index is 10.3. The second-order valence-corrected chi connectivity index (χ2v) is 4.48. The van der Waals surface area contributed by atoms with Gasteiger partial charge in [0.1, 0.15) is 0 Å². The number of aliphatic hydroxyl groups is 2. The molecule has 0 saturated carbocycles. The van der Waals surface area contributed by atoms with E-state index in [1.54, 1.807) is 0 Å². The highest BCUT2D eigenvalue weighted by Gasteiger charge is 2.25. The molecule has 0 spiro atoms. The van der Waals surface area contributed by atoms with Gasteiger partial charge < -0.3 is 10.2 Å². The van der Waals surface area contributed by atoms with Crippen molar-refractivity contribution in [3.8, 4) is 0 Å². The van der Waals surface area contributed by atoms with Crippen LogP contribution >= 0.6 is 0 Å². The van der Waals surface area contributed by atoms with E-state index >= 15 is 0 Å². The lowest BCUT2D eigenvalue weighted by Gasteiger charge is -2.29. The zero-order valence-corrected chi connectivity index (χ0v) is 9.92. The first-order valence-corrected chi connectivity index (χ1v) is 5.91. The summed E-state index contributed by atoms with van der Waals surface area (Å²) in [6.07, 6.45) is 5.41. The molecular weight excluding hydrogens is 176 g/mol. The van der Waals surface area contributed by atoms with Crippen molar-refractivity contribution in [1.29, 1.82) is 0 Å². The second-order valence-electron chi connectivity index (χ2n) is 4.48. The number of hydrogen-bond acceptors (Lipinski definition) is 2. The van der Waals surface area contributed by atoms with Crippen molar-refractivity contribution in [3.05, 3.63) is 0 Å².